The molecule has 0 saturated heterocycles. The molecule has 3 nitrogen and oxygen atoms in total. The minimum atomic E-state index is -0.0365. The van der Waals surface area contributed by atoms with Gasteiger partial charge in [0.15, 0.2) is 0 Å². The number of aromatic hydroxyl groups is 1. The number of phenols is 1. The number of carbonyl (C=O) groups is 1. The van der Waals surface area contributed by atoms with Gasteiger partial charge in [-0.1, -0.05) is 25.0 Å². The minimum Gasteiger partial charge on any atom is -0.507 e. The van der Waals surface area contributed by atoms with Gasteiger partial charge in [-0.15, -0.1) is 0 Å². The third kappa shape index (κ3) is 2.35. The number of aryl methyl sites for hydroxylation is 1. The molecule has 1 saturated carbocycles. The van der Waals surface area contributed by atoms with Gasteiger partial charge in [0.05, 0.1) is 5.56 Å². The van der Waals surface area contributed by atoms with Gasteiger partial charge in [-0.3, -0.25) is 4.79 Å². The van der Waals surface area contributed by atoms with Crippen LogP contribution in [0.2, 0.25) is 0 Å². The van der Waals surface area contributed by atoms with E-state index in [-0.39, 0.29) is 11.7 Å². The van der Waals surface area contributed by atoms with Crippen LogP contribution in [0.4, 0.5) is 0 Å². The van der Waals surface area contributed by atoms with Crippen molar-refractivity contribution in [3.63, 3.8) is 0 Å². The number of nitrogens with zero attached hydrogens (tertiary/aromatic N) is 1. The molecule has 0 aliphatic heterocycles. The van der Waals surface area contributed by atoms with Gasteiger partial charge in [-0.25, -0.2) is 0 Å². The van der Waals surface area contributed by atoms with E-state index in [0.29, 0.717) is 18.2 Å². The van der Waals surface area contributed by atoms with Crippen LogP contribution in [0, 0.1) is 6.92 Å². The molecule has 0 atom stereocenters. The predicted molar refractivity (Wildman–Crippen MR) is 71.8 cm³/mol. The highest BCUT2D eigenvalue weighted by molar-refractivity contribution is 5.97. The Hall–Kier alpha value is -1.51. The van der Waals surface area contributed by atoms with Gasteiger partial charge < -0.3 is 10.0 Å². The Morgan fingerprint density at radius 1 is 1.39 bits per heavy atom. The molecule has 1 amide bonds. The van der Waals surface area contributed by atoms with Crippen molar-refractivity contribution in [2.24, 2.45) is 0 Å². The van der Waals surface area contributed by atoms with Crippen molar-refractivity contribution in [2.75, 3.05) is 6.54 Å². The van der Waals surface area contributed by atoms with Crippen LogP contribution in [0.25, 0.3) is 0 Å². The Morgan fingerprint density at radius 2 is 2.06 bits per heavy atom. The zero-order valence-corrected chi connectivity index (χ0v) is 11.1. The van der Waals surface area contributed by atoms with Crippen molar-refractivity contribution in [2.45, 2.75) is 45.6 Å². The number of amides is 1. The van der Waals surface area contributed by atoms with Crippen LogP contribution in [0.15, 0.2) is 18.2 Å². The Kier molecular flexibility index (Phi) is 3.90. The summed E-state index contributed by atoms with van der Waals surface area (Å²) in [6.45, 7) is 4.53. The van der Waals surface area contributed by atoms with Crippen LogP contribution >= 0.6 is 0 Å². The van der Waals surface area contributed by atoms with Crippen molar-refractivity contribution >= 4 is 5.91 Å². The molecular formula is C15H21NO2. The lowest BCUT2D eigenvalue weighted by molar-refractivity contribution is 0.0690. The number of hydrogen-bond acceptors (Lipinski definition) is 2. The molecule has 1 fully saturated rings. The van der Waals surface area contributed by atoms with Crippen LogP contribution in [-0.2, 0) is 0 Å². The summed E-state index contributed by atoms with van der Waals surface area (Å²) in [7, 11) is 0. The fraction of sp³-hybridized carbons (Fsp3) is 0.533. The average molecular weight is 247 g/mol. The highest BCUT2D eigenvalue weighted by atomic mass is 16.3. The van der Waals surface area contributed by atoms with Gasteiger partial charge in [0.1, 0.15) is 5.75 Å². The maximum Gasteiger partial charge on any atom is 0.257 e. The highest BCUT2D eigenvalue weighted by Gasteiger charge is 2.27. The van der Waals surface area contributed by atoms with Crippen LogP contribution < -0.4 is 0 Å². The second-order valence-corrected chi connectivity index (χ2v) is 5.00. The Balaban J connectivity index is 2.25. The van der Waals surface area contributed by atoms with Crippen LogP contribution in [0.5, 0.6) is 5.75 Å². The van der Waals surface area contributed by atoms with E-state index in [0.717, 1.165) is 18.4 Å². The van der Waals surface area contributed by atoms with Gasteiger partial charge >= 0.3 is 0 Å². The predicted octanol–water partition coefficient (Wildman–Crippen LogP) is 3.11. The second-order valence-electron chi connectivity index (χ2n) is 5.00. The summed E-state index contributed by atoms with van der Waals surface area (Å²) in [6, 6.07) is 5.70. The number of para-hydroxylation sites is 1. The molecule has 2 rings (SSSR count). The molecule has 0 unspecified atom stereocenters. The molecule has 0 radical (unpaired) electrons. The highest BCUT2D eigenvalue weighted by Crippen LogP contribution is 2.28. The van der Waals surface area contributed by atoms with E-state index in [1.165, 1.54) is 12.8 Å². The number of carbonyl (C=O) groups excluding carboxylic acids is 1. The van der Waals surface area contributed by atoms with Crippen molar-refractivity contribution in [3.05, 3.63) is 29.3 Å². The van der Waals surface area contributed by atoms with E-state index in [2.05, 4.69) is 0 Å². The molecule has 98 valence electrons. The topological polar surface area (TPSA) is 40.5 Å². The second kappa shape index (κ2) is 5.42. The number of phenolic OH excluding ortho intramolecular Hbond substituents is 1. The number of benzene rings is 1. The zero-order chi connectivity index (χ0) is 13.1. The van der Waals surface area contributed by atoms with Crippen molar-refractivity contribution < 1.29 is 9.90 Å². The summed E-state index contributed by atoms with van der Waals surface area (Å²) < 4.78 is 0. The Bertz CT molecular complexity index is 436. The standard InChI is InChI=1S/C15H21NO2/c1-3-16(12-8-4-5-9-12)15(18)13-10-6-7-11(2)14(13)17/h6-7,10,12,17H,3-5,8-9H2,1-2H3. The fourth-order valence-electron chi connectivity index (χ4n) is 2.77. The molecule has 3 heteroatoms. The van der Waals surface area contributed by atoms with Crippen LogP contribution in [0.3, 0.4) is 0 Å². The maximum absolute atomic E-state index is 12.5. The maximum atomic E-state index is 12.5. The smallest absolute Gasteiger partial charge is 0.257 e. The fourth-order valence-corrected chi connectivity index (χ4v) is 2.77. The van der Waals surface area contributed by atoms with Gasteiger partial charge in [-0.05, 0) is 38.3 Å². The van der Waals surface area contributed by atoms with E-state index in [4.69, 9.17) is 0 Å². The Morgan fingerprint density at radius 3 is 2.67 bits per heavy atom. The third-order valence-corrected chi connectivity index (χ3v) is 3.84. The minimum absolute atomic E-state index is 0.0365. The lowest BCUT2D eigenvalue weighted by Gasteiger charge is -2.28. The molecule has 1 N–H and O–H groups in total. The molecule has 1 aliphatic rings. The zero-order valence-electron chi connectivity index (χ0n) is 11.1. The van der Waals surface area contributed by atoms with E-state index >= 15 is 0 Å². The summed E-state index contributed by atoms with van der Waals surface area (Å²) in [4.78, 5) is 14.4. The summed E-state index contributed by atoms with van der Waals surface area (Å²) in [5.74, 6) is 0.0875. The number of rotatable bonds is 3. The molecule has 0 heterocycles. The van der Waals surface area contributed by atoms with Gasteiger partial charge in [0.2, 0.25) is 0 Å². The van der Waals surface area contributed by atoms with Crippen LogP contribution in [0.1, 0.15) is 48.5 Å². The summed E-state index contributed by atoms with van der Waals surface area (Å²) in [5, 5.41) is 10.0. The van der Waals surface area contributed by atoms with E-state index in [1.807, 2.05) is 30.9 Å². The molecule has 1 aromatic carbocycles. The first-order valence-corrected chi connectivity index (χ1v) is 6.74. The molecule has 0 aromatic heterocycles. The molecule has 18 heavy (non-hydrogen) atoms. The molecule has 0 bridgehead atoms. The van der Waals surface area contributed by atoms with E-state index in [9.17, 15) is 9.90 Å². The first kappa shape index (κ1) is 12.9. The average Bonchev–Trinajstić information content (AvgIpc) is 2.87. The molecular weight excluding hydrogens is 226 g/mol. The quantitative estimate of drug-likeness (QED) is 0.891. The van der Waals surface area contributed by atoms with Gasteiger partial charge in [0, 0.05) is 12.6 Å². The first-order valence-electron chi connectivity index (χ1n) is 6.74. The van der Waals surface area contributed by atoms with Crippen molar-refractivity contribution in [1.29, 1.82) is 0 Å². The first-order chi connectivity index (χ1) is 8.65. The summed E-state index contributed by atoms with van der Waals surface area (Å²) in [6.07, 6.45) is 4.58. The van der Waals surface area contributed by atoms with Gasteiger partial charge in [0.25, 0.3) is 5.91 Å². The van der Waals surface area contributed by atoms with E-state index in [1.54, 1.807) is 6.07 Å². The monoisotopic (exact) mass is 247 g/mol. The normalized spacial score (nSPS) is 15.9. The van der Waals surface area contributed by atoms with Crippen LogP contribution in [-0.4, -0.2) is 28.5 Å². The molecule has 0 spiro atoms. The Labute approximate surface area is 108 Å². The molecule has 1 aromatic rings. The largest absolute Gasteiger partial charge is 0.507 e. The molecule has 1 aliphatic carbocycles. The van der Waals surface area contributed by atoms with Gasteiger partial charge in [-0.2, -0.15) is 0 Å². The van der Waals surface area contributed by atoms with E-state index < -0.39 is 0 Å². The number of hydrogen-bond donors (Lipinski definition) is 1. The lowest BCUT2D eigenvalue weighted by atomic mass is 10.1. The van der Waals surface area contributed by atoms with Crippen molar-refractivity contribution in [1.82, 2.24) is 4.90 Å². The SMILES string of the molecule is CCN(C(=O)c1cccc(C)c1O)C1CCCC1. The van der Waals surface area contributed by atoms with Crippen molar-refractivity contribution in [3.8, 4) is 5.75 Å². The lowest BCUT2D eigenvalue weighted by Crippen LogP contribution is -2.38. The summed E-state index contributed by atoms with van der Waals surface area (Å²) >= 11 is 0. The summed E-state index contributed by atoms with van der Waals surface area (Å²) in [5.41, 5.74) is 1.19. The third-order valence-electron chi connectivity index (χ3n) is 3.84.